The summed E-state index contributed by atoms with van der Waals surface area (Å²) >= 11 is 0. The number of carbonyl (C=O) groups is 1. The number of rotatable bonds is 2. The van der Waals surface area contributed by atoms with Gasteiger partial charge in [0.25, 0.3) is 0 Å². The quantitative estimate of drug-likeness (QED) is 0.690. The van der Waals surface area contributed by atoms with Crippen molar-refractivity contribution >= 4 is 5.78 Å². The number of Topliss-reactive ketones (excluding diaryl/α,β-unsaturated/α-hetero) is 1. The van der Waals surface area contributed by atoms with E-state index in [1.807, 2.05) is 0 Å². The number of benzene rings is 1. The molecule has 0 unspecified atom stereocenters. The highest BCUT2D eigenvalue weighted by Gasteiger charge is 2.31. The Hall–Kier alpha value is -1.52. The first kappa shape index (κ1) is 10.6. The van der Waals surface area contributed by atoms with Gasteiger partial charge in [-0.1, -0.05) is 12.1 Å². The molecule has 0 fully saturated rings. The average Bonchev–Trinajstić information content (AvgIpc) is 2.01. The first-order valence-corrected chi connectivity index (χ1v) is 3.60. The van der Waals surface area contributed by atoms with Crippen LogP contribution >= 0.6 is 0 Å². The van der Waals surface area contributed by atoms with E-state index < -0.39 is 17.9 Å². The minimum absolute atomic E-state index is 0.0757. The van der Waals surface area contributed by atoms with E-state index in [2.05, 4.69) is 11.7 Å². The standard InChI is InChI=1S/C9H6F3O2/c1-6(13)7-3-2-4-8(5-7)14-9(10,11)12/h2-5H,1H2. The highest BCUT2D eigenvalue weighted by Crippen LogP contribution is 2.23. The van der Waals surface area contributed by atoms with Crippen molar-refractivity contribution < 1.29 is 22.7 Å². The lowest BCUT2D eigenvalue weighted by Gasteiger charge is -2.08. The molecular formula is C9H6F3O2. The van der Waals surface area contributed by atoms with E-state index in [1.165, 1.54) is 12.1 Å². The highest BCUT2D eigenvalue weighted by molar-refractivity contribution is 5.99. The van der Waals surface area contributed by atoms with E-state index in [0.29, 0.717) is 0 Å². The molecule has 1 aromatic carbocycles. The molecule has 0 aliphatic heterocycles. The van der Waals surface area contributed by atoms with Crippen LogP contribution in [-0.2, 0) is 0 Å². The second-order valence-electron chi connectivity index (χ2n) is 2.50. The average molecular weight is 203 g/mol. The van der Waals surface area contributed by atoms with Crippen LogP contribution in [0.1, 0.15) is 10.4 Å². The molecule has 5 heteroatoms. The maximum Gasteiger partial charge on any atom is 0.573 e. The molecule has 2 nitrogen and oxygen atoms in total. The fraction of sp³-hybridized carbons (Fsp3) is 0.111. The second kappa shape index (κ2) is 3.69. The first-order chi connectivity index (χ1) is 6.38. The van der Waals surface area contributed by atoms with Gasteiger partial charge in [-0.05, 0) is 12.1 Å². The lowest BCUT2D eigenvalue weighted by Crippen LogP contribution is -2.17. The van der Waals surface area contributed by atoms with Gasteiger partial charge in [-0.25, -0.2) is 0 Å². The minimum Gasteiger partial charge on any atom is -0.406 e. The van der Waals surface area contributed by atoms with Crippen molar-refractivity contribution in [3.05, 3.63) is 36.8 Å². The largest absolute Gasteiger partial charge is 0.573 e. The molecule has 0 atom stereocenters. The number of hydrogen-bond donors (Lipinski definition) is 0. The number of alkyl halides is 3. The molecular weight excluding hydrogens is 197 g/mol. The Morgan fingerprint density at radius 1 is 1.36 bits per heavy atom. The van der Waals surface area contributed by atoms with Gasteiger partial charge in [0.05, 0.1) is 0 Å². The number of ketones is 1. The maximum absolute atomic E-state index is 11.8. The van der Waals surface area contributed by atoms with E-state index in [9.17, 15) is 18.0 Å². The number of halogens is 3. The topological polar surface area (TPSA) is 26.3 Å². The van der Waals surface area contributed by atoms with Crippen LogP contribution in [0.15, 0.2) is 24.3 Å². The summed E-state index contributed by atoms with van der Waals surface area (Å²) < 4.78 is 38.9. The molecule has 1 aromatic rings. The number of hydrogen-bond acceptors (Lipinski definition) is 2. The summed E-state index contributed by atoms with van der Waals surface area (Å²) in [7, 11) is 0. The van der Waals surface area contributed by atoms with Gasteiger partial charge in [0.1, 0.15) is 5.75 Å². The van der Waals surface area contributed by atoms with Crippen molar-refractivity contribution in [1.82, 2.24) is 0 Å². The molecule has 14 heavy (non-hydrogen) atoms. The van der Waals surface area contributed by atoms with Crippen molar-refractivity contribution in [1.29, 1.82) is 0 Å². The van der Waals surface area contributed by atoms with Crippen LogP contribution in [0.3, 0.4) is 0 Å². The molecule has 0 heterocycles. The summed E-state index contributed by atoms with van der Waals surface area (Å²) in [5.41, 5.74) is 0.0757. The lowest BCUT2D eigenvalue weighted by atomic mass is 10.1. The maximum atomic E-state index is 11.8. The van der Waals surface area contributed by atoms with Crippen molar-refractivity contribution in [2.75, 3.05) is 0 Å². The van der Waals surface area contributed by atoms with Crippen LogP contribution in [0.5, 0.6) is 5.75 Å². The molecule has 0 saturated carbocycles. The van der Waals surface area contributed by atoms with E-state index in [-0.39, 0.29) is 5.56 Å². The van der Waals surface area contributed by atoms with Crippen LogP contribution in [-0.4, -0.2) is 12.1 Å². The fourth-order valence-electron chi connectivity index (χ4n) is 0.867. The van der Waals surface area contributed by atoms with Crippen molar-refractivity contribution in [3.63, 3.8) is 0 Å². The van der Waals surface area contributed by atoms with Crippen molar-refractivity contribution in [2.45, 2.75) is 6.36 Å². The van der Waals surface area contributed by atoms with Gasteiger partial charge in [-0.15, -0.1) is 13.2 Å². The Labute approximate surface area is 78.3 Å². The molecule has 0 saturated heterocycles. The summed E-state index contributed by atoms with van der Waals surface area (Å²) in [6, 6.07) is 4.75. The zero-order valence-electron chi connectivity index (χ0n) is 6.97. The Morgan fingerprint density at radius 3 is 2.50 bits per heavy atom. The lowest BCUT2D eigenvalue weighted by molar-refractivity contribution is -0.274. The van der Waals surface area contributed by atoms with Crippen molar-refractivity contribution in [2.24, 2.45) is 0 Å². The molecule has 0 aliphatic carbocycles. The first-order valence-electron chi connectivity index (χ1n) is 3.60. The van der Waals surface area contributed by atoms with Crippen LogP contribution in [0.4, 0.5) is 13.2 Å². The Morgan fingerprint density at radius 2 is 2.00 bits per heavy atom. The summed E-state index contributed by atoms with van der Waals surface area (Å²) in [6.45, 7) is 3.07. The zero-order valence-corrected chi connectivity index (χ0v) is 6.97. The predicted octanol–water partition coefficient (Wildman–Crippen LogP) is 2.60. The van der Waals surface area contributed by atoms with Crippen molar-refractivity contribution in [3.8, 4) is 5.75 Å². The van der Waals surface area contributed by atoms with Crippen LogP contribution in [0, 0.1) is 6.92 Å². The molecule has 75 valence electrons. The normalized spacial score (nSPS) is 11.1. The molecule has 1 rings (SSSR count). The van der Waals surface area contributed by atoms with Crippen LogP contribution in [0.2, 0.25) is 0 Å². The molecule has 0 spiro atoms. The van der Waals surface area contributed by atoms with Gasteiger partial charge in [0.2, 0.25) is 0 Å². The van der Waals surface area contributed by atoms with E-state index in [1.54, 1.807) is 0 Å². The van der Waals surface area contributed by atoms with Gasteiger partial charge < -0.3 is 4.74 Å². The minimum atomic E-state index is -4.75. The molecule has 1 radical (unpaired) electrons. The van der Waals surface area contributed by atoms with E-state index in [4.69, 9.17) is 0 Å². The zero-order chi connectivity index (χ0) is 10.8. The SMILES string of the molecule is [CH2]C(=O)c1cccc(OC(F)(F)F)c1. The van der Waals surface area contributed by atoms with Gasteiger partial charge in [-0.2, -0.15) is 0 Å². The third-order valence-electron chi connectivity index (χ3n) is 1.39. The fourth-order valence-corrected chi connectivity index (χ4v) is 0.867. The molecule has 0 aliphatic rings. The summed E-state index contributed by atoms with van der Waals surface area (Å²) in [4.78, 5) is 10.7. The number of carbonyl (C=O) groups excluding carboxylic acids is 1. The van der Waals surface area contributed by atoms with E-state index >= 15 is 0 Å². The second-order valence-corrected chi connectivity index (χ2v) is 2.50. The smallest absolute Gasteiger partial charge is 0.406 e. The highest BCUT2D eigenvalue weighted by atomic mass is 19.4. The predicted molar refractivity (Wildman–Crippen MR) is 42.8 cm³/mol. The van der Waals surface area contributed by atoms with Crippen LogP contribution in [0.25, 0.3) is 0 Å². The molecule has 0 bridgehead atoms. The Bertz CT molecular complexity index is 344. The van der Waals surface area contributed by atoms with E-state index in [0.717, 1.165) is 12.1 Å². The summed E-state index contributed by atoms with van der Waals surface area (Å²) in [5, 5.41) is 0. The molecule has 0 amide bonds. The summed E-state index contributed by atoms with van der Waals surface area (Å²) in [5.74, 6) is -0.982. The van der Waals surface area contributed by atoms with Gasteiger partial charge in [0.15, 0.2) is 5.78 Å². The third-order valence-corrected chi connectivity index (χ3v) is 1.39. The Kier molecular flexibility index (Phi) is 2.78. The molecule has 0 aromatic heterocycles. The van der Waals surface area contributed by atoms with Gasteiger partial charge in [0, 0.05) is 12.5 Å². The monoisotopic (exact) mass is 203 g/mol. The Balaban J connectivity index is 2.89. The van der Waals surface area contributed by atoms with Gasteiger partial charge in [-0.3, -0.25) is 4.79 Å². The third kappa shape index (κ3) is 3.08. The molecule has 0 N–H and O–H groups in total. The van der Waals surface area contributed by atoms with Crippen LogP contribution < -0.4 is 4.74 Å². The number of ether oxygens (including phenoxy) is 1. The van der Waals surface area contributed by atoms with Gasteiger partial charge >= 0.3 is 6.36 Å². The summed E-state index contributed by atoms with van der Waals surface area (Å²) in [6.07, 6.45) is -4.75.